The predicted octanol–water partition coefficient (Wildman–Crippen LogP) is 1.99. The summed E-state index contributed by atoms with van der Waals surface area (Å²) in [6, 6.07) is 3.18. The van der Waals surface area contributed by atoms with Crippen molar-refractivity contribution in [1.82, 2.24) is 14.7 Å². The number of aromatic nitrogens is 2. The van der Waals surface area contributed by atoms with E-state index < -0.39 is 11.6 Å². The van der Waals surface area contributed by atoms with E-state index in [4.69, 9.17) is 0 Å². The minimum absolute atomic E-state index is 0.0594. The maximum Gasteiger partial charge on any atom is 0.257 e. The van der Waals surface area contributed by atoms with Crippen LogP contribution in [0.1, 0.15) is 23.2 Å². The molecule has 122 valence electrons. The van der Waals surface area contributed by atoms with Crippen molar-refractivity contribution < 1.29 is 18.7 Å². The number of carbonyl (C=O) groups excluding carboxylic acids is 1. The Labute approximate surface area is 132 Å². The Bertz CT molecular complexity index is 717. The minimum atomic E-state index is -0.745. The van der Waals surface area contributed by atoms with Crippen LogP contribution in [-0.2, 0) is 0 Å². The van der Waals surface area contributed by atoms with Crippen LogP contribution in [0.2, 0.25) is 0 Å². The molecule has 1 N–H and O–H groups in total. The molecule has 2 heterocycles. The third-order valence-corrected chi connectivity index (χ3v) is 4.05. The largest absolute Gasteiger partial charge is 0.396 e. The molecule has 1 unspecified atom stereocenters. The monoisotopic (exact) mass is 321 g/mol. The van der Waals surface area contributed by atoms with Gasteiger partial charge in [-0.1, -0.05) is 0 Å². The molecule has 23 heavy (non-hydrogen) atoms. The highest BCUT2D eigenvalue weighted by molar-refractivity contribution is 5.93. The summed E-state index contributed by atoms with van der Waals surface area (Å²) in [6.45, 7) is 1.20. The second kappa shape index (κ2) is 6.45. The van der Waals surface area contributed by atoms with Gasteiger partial charge in [-0.3, -0.25) is 4.79 Å². The highest BCUT2D eigenvalue weighted by atomic mass is 19.1. The third-order valence-electron chi connectivity index (χ3n) is 4.05. The fourth-order valence-corrected chi connectivity index (χ4v) is 2.81. The van der Waals surface area contributed by atoms with Crippen LogP contribution in [0.3, 0.4) is 0 Å². The normalized spacial score (nSPS) is 18.2. The van der Waals surface area contributed by atoms with Crippen molar-refractivity contribution in [3.63, 3.8) is 0 Å². The van der Waals surface area contributed by atoms with E-state index in [1.165, 1.54) is 23.1 Å². The Morgan fingerprint density at radius 1 is 1.39 bits per heavy atom. The summed E-state index contributed by atoms with van der Waals surface area (Å²) in [7, 11) is 0. The van der Waals surface area contributed by atoms with E-state index in [0.717, 1.165) is 25.0 Å². The molecule has 0 bridgehead atoms. The lowest BCUT2D eigenvalue weighted by molar-refractivity contribution is 0.0620. The highest BCUT2D eigenvalue weighted by Gasteiger charge is 2.25. The lowest BCUT2D eigenvalue weighted by atomic mass is 9.98. The van der Waals surface area contributed by atoms with Crippen molar-refractivity contribution in [2.45, 2.75) is 12.8 Å². The first-order valence-corrected chi connectivity index (χ1v) is 7.48. The molecule has 1 saturated heterocycles. The summed E-state index contributed by atoms with van der Waals surface area (Å²) in [4.78, 5) is 14.2. The first-order chi connectivity index (χ1) is 11.1. The molecule has 7 heteroatoms. The van der Waals surface area contributed by atoms with E-state index in [0.29, 0.717) is 18.7 Å². The molecule has 1 amide bonds. The van der Waals surface area contributed by atoms with Gasteiger partial charge >= 0.3 is 0 Å². The first-order valence-electron chi connectivity index (χ1n) is 7.48. The summed E-state index contributed by atoms with van der Waals surface area (Å²) < 4.78 is 28.0. The zero-order valence-corrected chi connectivity index (χ0v) is 12.5. The quantitative estimate of drug-likeness (QED) is 0.940. The van der Waals surface area contributed by atoms with Gasteiger partial charge in [-0.25, -0.2) is 13.5 Å². The van der Waals surface area contributed by atoms with Crippen LogP contribution in [0.5, 0.6) is 0 Å². The fraction of sp³-hybridized carbons (Fsp3) is 0.375. The SMILES string of the molecule is O=C(c1cnn(-c2ccc(F)cc2F)c1)N1CCCC(CO)C1. The Morgan fingerprint density at radius 3 is 2.96 bits per heavy atom. The lowest BCUT2D eigenvalue weighted by Gasteiger charge is -2.31. The molecular weight excluding hydrogens is 304 g/mol. The van der Waals surface area contributed by atoms with Crippen molar-refractivity contribution >= 4 is 5.91 Å². The van der Waals surface area contributed by atoms with Gasteiger partial charge in [0.1, 0.15) is 11.5 Å². The molecular formula is C16H17F2N3O2. The minimum Gasteiger partial charge on any atom is -0.396 e. The maximum absolute atomic E-state index is 13.8. The van der Waals surface area contributed by atoms with Crippen LogP contribution in [0.4, 0.5) is 8.78 Å². The number of hydrogen-bond donors (Lipinski definition) is 1. The van der Waals surface area contributed by atoms with Crippen molar-refractivity contribution in [2.75, 3.05) is 19.7 Å². The number of likely N-dealkylation sites (tertiary alicyclic amines) is 1. The molecule has 0 spiro atoms. The average Bonchev–Trinajstić information content (AvgIpc) is 3.04. The summed E-state index contributed by atoms with van der Waals surface area (Å²) in [6.07, 6.45) is 4.55. The number of nitrogens with zero attached hydrogens (tertiary/aromatic N) is 3. The van der Waals surface area contributed by atoms with Gasteiger partial charge in [0.15, 0.2) is 5.82 Å². The number of hydrogen-bond acceptors (Lipinski definition) is 3. The standard InChI is InChI=1S/C16H17F2N3O2/c17-13-3-4-15(14(18)6-13)21-9-12(7-19-21)16(23)20-5-1-2-11(8-20)10-22/h3-4,6-7,9,11,22H,1-2,5,8,10H2. The van der Waals surface area contributed by atoms with Crippen molar-refractivity contribution in [2.24, 2.45) is 5.92 Å². The molecule has 0 aliphatic carbocycles. The number of halogens is 2. The molecule has 1 aromatic heterocycles. The van der Waals surface area contributed by atoms with Crippen molar-refractivity contribution in [1.29, 1.82) is 0 Å². The van der Waals surface area contributed by atoms with E-state index in [2.05, 4.69) is 5.10 Å². The molecule has 1 aliphatic heterocycles. The van der Waals surface area contributed by atoms with Gasteiger partial charge in [0.25, 0.3) is 5.91 Å². The van der Waals surface area contributed by atoms with Crippen LogP contribution in [-0.4, -0.2) is 45.4 Å². The van der Waals surface area contributed by atoms with Crippen LogP contribution < -0.4 is 0 Å². The summed E-state index contributed by atoms with van der Waals surface area (Å²) in [5.74, 6) is -1.52. The summed E-state index contributed by atoms with van der Waals surface area (Å²) in [5, 5.41) is 13.2. The van der Waals surface area contributed by atoms with Gasteiger partial charge in [-0.2, -0.15) is 5.10 Å². The van der Waals surface area contributed by atoms with Crippen molar-refractivity contribution in [3.8, 4) is 5.69 Å². The van der Waals surface area contributed by atoms with E-state index in [1.807, 2.05) is 0 Å². The second-order valence-electron chi connectivity index (χ2n) is 5.71. The molecule has 0 saturated carbocycles. The van der Waals surface area contributed by atoms with Crippen LogP contribution >= 0.6 is 0 Å². The number of aliphatic hydroxyl groups excluding tert-OH is 1. The van der Waals surface area contributed by atoms with Gasteiger partial charge in [0.2, 0.25) is 0 Å². The number of benzene rings is 1. The maximum atomic E-state index is 13.8. The molecule has 0 radical (unpaired) electrons. The van der Waals surface area contributed by atoms with E-state index >= 15 is 0 Å². The number of rotatable bonds is 3. The Kier molecular flexibility index (Phi) is 4.38. The Hall–Kier alpha value is -2.28. The first kappa shape index (κ1) is 15.6. The molecule has 1 aromatic carbocycles. The topological polar surface area (TPSA) is 58.4 Å². The van der Waals surface area contributed by atoms with E-state index in [9.17, 15) is 18.7 Å². The third kappa shape index (κ3) is 3.24. The zero-order chi connectivity index (χ0) is 16.4. The van der Waals surface area contributed by atoms with Crippen LogP contribution in [0.25, 0.3) is 5.69 Å². The average molecular weight is 321 g/mol. The molecule has 2 aromatic rings. The molecule has 3 rings (SSSR count). The van der Waals surface area contributed by atoms with E-state index in [1.54, 1.807) is 4.90 Å². The Morgan fingerprint density at radius 2 is 2.22 bits per heavy atom. The second-order valence-corrected chi connectivity index (χ2v) is 5.71. The molecule has 1 atom stereocenters. The predicted molar refractivity (Wildman–Crippen MR) is 79.2 cm³/mol. The van der Waals surface area contributed by atoms with Gasteiger partial charge < -0.3 is 10.0 Å². The number of carbonyl (C=O) groups is 1. The molecule has 1 aliphatic rings. The smallest absolute Gasteiger partial charge is 0.257 e. The van der Waals surface area contributed by atoms with Gasteiger partial charge in [-0.15, -0.1) is 0 Å². The summed E-state index contributed by atoms with van der Waals surface area (Å²) in [5.41, 5.74) is 0.421. The molecule has 5 nitrogen and oxygen atoms in total. The number of aliphatic hydroxyl groups is 1. The lowest BCUT2D eigenvalue weighted by Crippen LogP contribution is -2.40. The van der Waals surface area contributed by atoms with Crippen molar-refractivity contribution in [3.05, 3.63) is 47.8 Å². The zero-order valence-electron chi connectivity index (χ0n) is 12.5. The van der Waals surface area contributed by atoms with Gasteiger partial charge in [0.05, 0.1) is 11.8 Å². The number of amides is 1. The van der Waals surface area contributed by atoms with Gasteiger partial charge in [-0.05, 0) is 30.9 Å². The number of piperidine rings is 1. The highest BCUT2D eigenvalue weighted by Crippen LogP contribution is 2.19. The van der Waals surface area contributed by atoms with Crippen LogP contribution in [0, 0.1) is 17.6 Å². The molecule has 1 fully saturated rings. The fourth-order valence-electron chi connectivity index (χ4n) is 2.81. The van der Waals surface area contributed by atoms with Gasteiger partial charge in [0, 0.05) is 32.0 Å². The van der Waals surface area contributed by atoms with E-state index in [-0.39, 0.29) is 24.1 Å². The Balaban J connectivity index is 1.80. The summed E-state index contributed by atoms with van der Waals surface area (Å²) >= 11 is 0. The van der Waals surface area contributed by atoms with Crippen LogP contribution in [0.15, 0.2) is 30.6 Å².